The van der Waals surface area contributed by atoms with Crippen molar-refractivity contribution in [2.45, 2.75) is 32.6 Å². The second kappa shape index (κ2) is 12.5. The van der Waals surface area contributed by atoms with E-state index in [0.717, 1.165) is 43.6 Å². The monoisotopic (exact) mass is 485 g/mol. The third-order valence-corrected chi connectivity index (χ3v) is 6.09. The number of halogens is 1. The smallest absolute Gasteiger partial charge is 0.306 e. The lowest BCUT2D eigenvalue weighted by molar-refractivity contribution is -0.144. The number of aryl methyl sites for hydroxylation is 1. The molecule has 2 aliphatic rings. The Hall–Kier alpha value is -2.90. The van der Waals surface area contributed by atoms with Crippen molar-refractivity contribution in [2.24, 2.45) is 11.0 Å². The minimum absolute atomic E-state index is 0. The van der Waals surface area contributed by atoms with Crippen LogP contribution in [0.15, 0.2) is 47.6 Å². The van der Waals surface area contributed by atoms with Gasteiger partial charge in [0.25, 0.3) is 5.91 Å². The van der Waals surface area contributed by atoms with Gasteiger partial charge in [0.05, 0.1) is 39.1 Å². The Balaban J connectivity index is 0.00000324. The molecule has 34 heavy (non-hydrogen) atoms. The predicted molar refractivity (Wildman–Crippen MR) is 135 cm³/mol. The number of nitrogens with zero attached hydrogens (tertiary/aromatic N) is 2. The highest BCUT2D eigenvalue weighted by Gasteiger charge is 2.22. The van der Waals surface area contributed by atoms with Crippen molar-refractivity contribution in [1.29, 1.82) is 0 Å². The van der Waals surface area contributed by atoms with Crippen LogP contribution in [0.5, 0.6) is 0 Å². The van der Waals surface area contributed by atoms with E-state index >= 15 is 0 Å². The Kier molecular flexibility index (Phi) is 9.48. The van der Waals surface area contributed by atoms with Gasteiger partial charge in [0, 0.05) is 17.7 Å². The summed E-state index contributed by atoms with van der Waals surface area (Å²) in [5, 5.41) is 9.45. The topological polar surface area (TPSA) is 80.2 Å². The first-order valence-corrected chi connectivity index (χ1v) is 11.7. The van der Waals surface area contributed by atoms with E-state index in [0.29, 0.717) is 31.8 Å². The van der Waals surface area contributed by atoms with Crippen molar-refractivity contribution < 1.29 is 19.1 Å². The highest BCUT2D eigenvalue weighted by Crippen LogP contribution is 2.30. The number of carbonyl (C=O) groups excluding carboxylic acids is 2. The van der Waals surface area contributed by atoms with Crippen LogP contribution in [0.2, 0.25) is 0 Å². The number of nitrogens with one attached hydrogen (secondary N) is 1. The number of benzene rings is 2. The second-order valence-corrected chi connectivity index (χ2v) is 8.49. The van der Waals surface area contributed by atoms with Crippen LogP contribution in [0.4, 0.5) is 5.69 Å². The molecule has 0 aromatic heterocycles. The van der Waals surface area contributed by atoms with E-state index in [1.165, 1.54) is 11.1 Å². The van der Waals surface area contributed by atoms with Gasteiger partial charge in [-0.25, -0.2) is 0 Å². The van der Waals surface area contributed by atoms with E-state index < -0.39 is 0 Å². The number of ether oxygens (including phenoxy) is 2. The van der Waals surface area contributed by atoms with Crippen LogP contribution in [0, 0.1) is 5.92 Å². The van der Waals surface area contributed by atoms with Crippen molar-refractivity contribution in [2.75, 3.05) is 38.2 Å². The third kappa shape index (κ3) is 7.05. The molecule has 0 radical (unpaired) electrons. The number of amides is 1. The molecule has 1 saturated heterocycles. The summed E-state index contributed by atoms with van der Waals surface area (Å²) in [6.07, 6.45) is 5.02. The van der Waals surface area contributed by atoms with Gasteiger partial charge < -0.3 is 14.8 Å². The Morgan fingerprint density at radius 3 is 2.65 bits per heavy atom. The molecule has 1 atom stereocenters. The van der Waals surface area contributed by atoms with E-state index in [1.54, 1.807) is 0 Å². The first kappa shape index (κ1) is 25.7. The van der Waals surface area contributed by atoms with Crippen molar-refractivity contribution in [3.63, 3.8) is 0 Å². The van der Waals surface area contributed by atoms with E-state index in [1.807, 2.05) is 54.5 Å². The number of anilines is 1. The summed E-state index contributed by atoms with van der Waals surface area (Å²) in [7, 11) is 0. The molecule has 0 bridgehead atoms. The second-order valence-electron chi connectivity index (χ2n) is 8.49. The van der Waals surface area contributed by atoms with E-state index in [9.17, 15) is 9.59 Å². The van der Waals surface area contributed by atoms with Crippen LogP contribution in [0.3, 0.4) is 0 Å². The fourth-order valence-electron chi connectivity index (χ4n) is 4.28. The number of rotatable bonds is 7. The Bertz CT molecular complexity index is 1000. The van der Waals surface area contributed by atoms with Crippen molar-refractivity contribution in [3.8, 4) is 0 Å². The molecule has 4 rings (SSSR count). The normalized spacial score (nSPS) is 17.6. The molecule has 1 unspecified atom stereocenters. The van der Waals surface area contributed by atoms with Gasteiger partial charge in [-0.1, -0.05) is 18.2 Å². The fraction of sp³-hybridized carbons (Fsp3) is 0.423. The third-order valence-electron chi connectivity index (χ3n) is 6.09. The minimum atomic E-state index is -0.148. The average Bonchev–Trinajstić information content (AvgIpc) is 2.83. The summed E-state index contributed by atoms with van der Waals surface area (Å²) >= 11 is 0. The van der Waals surface area contributed by atoms with Gasteiger partial charge in [0.2, 0.25) is 0 Å². The molecule has 1 aliphatic carbocycles. The molecule has 1 heterocycles. The molecule has 1 fully saturated rings. The highest BCUT2D eigenvalue weighted by atomic mass is 35.5. The molecule has 7 nitrogen and oxygen atoms in total. The van der Waals surface area contributed by atoms with E-state index in [-0.39, 0.29) is 30.2 Å². The number of morpholine rings is 1. The number of fused-ring (bicyclic) bond motifs is 1. The average molecular weight is 486 g/mol. The molecular formula is C26H32ClN3O4. The number of hydrazone groups is 1. The summed E-state index contributed by atoms with van der Waals surface area (Å²) < 4.78 is 10.4. The molecule has 8 heteroatoms. The summed E-state index contributed by atoms with van der Waals surface area (Å²) in [5.41, 5.74) is 4.80. The number of carbonyl (C=O) groups is 2. The molecule has 1 aliphatic heterocycles. The Labute approximate surface area is 206 Å². The van der Waals surface area contributed by atoms with Gasteiger partial charge in [-0.05, 0) is 73.1 Å². The van der Waals surface area contributed by atoms with Crippen molar-refractivity contribution >= 4 is 36.2 Å². The molecule has 1 amide bonds. The maximum absolute atomic E-state index is 12.8. The van der Waals surface area contributed by atoms with Crippen LogP contribution < -0.4 is 5.32 Å². The maximum Gasteiger partial charge on any atom is 0.306 e. The number of esters is 1. The van der Waals surface area contributed by atoms with E-state index in [4.69, 9.17) is 9.47 Å². The molecule has 1 N–H and O–H groups in total. The van der Waals surface area contributed by atoms with Crippen molar-refractivity contribution in [1.82, 2.24) is 5.01 Å². The van der Waals surface area contributed by atoms with Gasteiger partial charge in [0.15, 0.2) is 0 Å². The zero-order chi connectivity index (χ0) is 23.0. The fourth-order valence-corrected chi connectivity index (χ4v) is 4.28. The summed E-state index contributed by atoms with van der Waals surface area (Å²) in [6.45, 7) is 5.23. The van der Waals surface area contributed by atoms with Gasteiger partial charge in [-0.15, -0.1) is 12.4 Å². The van der Waals surface area contributed by atoms with Gasteiger partial charge in [0.1, 0.15) is 0 Å². The number of hydrogen-bond donors (Lipinski definition) is 1. The van der Waals surface area contributed by atoms with Crippen LogP contribution in [0.25, 0.3) is 0 Å². The lowest BCUT2D eigenvalue weighted by Crippen LogP contribution is -2.32. The Morgan fingerprint density at radius 2 is 1.91 bits per heavy atom. The standard InChI is InChI=1S/C26H31N3O4.ClH/c1-2-33-25(30)16-20-5-6-21-9-10-24(17-23(21)15-20)28-26(31)22-7-3-19(4-8-22)18-27-29-11-13-32-14-12-29;/h3-4,7-10,17-18,20H,2,5-6,11-16H2,1H3,(H,28,31);1H. The van der Waals surface area contributed by atoms with Crippen LogP contribution in [-0.4, -0.2) is 56.0 Å². The molecule has 2 aromatic rings. The maximum atomic E-state index is 12.8. The quantitative estimate of drug-likeness (QED) is 0.472. The summed E-state index contributed by atoms with van der Waals surface area (Å²) in [4.78, 5) is 24.6. The zero-order valence-electron chi connectivity index (χ0n) is 19.5. The molecular weight excluding hydrogens is 454 g/mol. The van der Waals surface area contributed by atoms with Crippen LogP contribution in [-0.2, 0) is 27.1 Å². The van der Waals surface area contributed by atoms with E-state index in [2.05, 4.69) is 16.5 Å². The molecule has 0 spiro atoms. The lowest BCUT2D eigenvalue weighted by atomic mass is 9.82. The molecule has 182 valence electrons. The van der Waals surface area contributed by atoms with Gasteiger partial charge in [-0.2, -0.15) is 5.10 Å². The molecule has 0 saturated carbocycles. The SMILES string of the molecule is CCOC(=O)CC1CCc2ccc(NC(=O)c3ccc(C=NN4CCOCC4)cc3)cc2C1.Cl. The van der Waals surface area contributed by atoms with Crippen LogP contribution in [0.1, 0.15) is 46.8 Å². The first-order valence-electron chi connectivity index (χ1n) is 11.7. The largest absolute Gasteiger partial charge is 0.466 e. The van der Waals surface area contributed by atoms with Gasteiger partial charge in [-0.3, -0.25) is 14.6 Å². The minimum Gasteiger partial charge on any atom is -0.466 e. The number of hydrogen-bond acceptors (Lipinski definition) is 6. The highest BCUT2D eigenvalue weighted by molar-refractivity contribution is 6.04. The van der Waals surface area contributed by atoms with Crippen molar-refractivity contribution in [3.05, 3.63) is 64.7 Å². The lowest BCUT2D eigenvalue weighted by Gasteiger charge is -2.24. The summed E-state index contributed by atoms with van der Waals surface area (Å²) in [5.74, 6) is 0.00789. The molecule has 2 aromatic carbocycles. The zero-order valence-corrected chi connectivity index (χ0v) is 20.3. The Morgan fingerprint density at radius 1 is 1.15 bits per heavy atom. The van der Waals surface area contributed by atoms with Gasteiger partial charge >= 0.3 is 5.97 Å². The summed E-state index contributed by atoms with van der Waals surface area (Å²) in [6, 6.07) is 13.5. The first-order chi connectivity index (χ1) is 16.1. The predicted octanol–water partition coefficient (Wildman–Crippen LogP) is 4.08. The van der Waals surface area contributed by atoms with Crippen LogP contribution >= 0.6 is 12.4 Å².